The molecule has 94 valence electrons. The Labute approximate surface area is 97.0 Å². The van der Waals surface area contributed by atoms with Crippen LogP contribution in [0.15, 0.2) is 0 Å². The van der Waals surface area contributed by atoms with Crippen LogP contribution in [0.2, 0.25) is 0 Å². The Balaban J connectivity index is 4.65. The van der Waals surface area contributed by atoms with Gasteiger partial charge in [-0.25, -0.2) is 9.59 Å². The number of amides is 2. The van der Waals surface area contributed by atoms with Gasteiger partial charge in [0.05, 0.1) is 0 Å². The summed E-state index contributed by atoms with van der Waals surface area (Å²) in [6.45, 7) is 5.68. The van der Waals surface area contributed by atoms with Gasteiger partial charge in [-0.3, -0.25) is 0 Å². The summed E-state index contributed by atoms with van der Waals surface area (Å²) >= 11 is 0. The SMILES string of the molecule is CCC(C)N(C)C(=O)N(C)C(CC)C(=O)O. The maximum Gasteiger partial charge on any atom is 0.326 e. The predicted molar refractivity (Wildman–Crippen MR) is 62.4 cm³/mol. The maximum atomic E-state index is 11.9. The van der Waals surface area contributed by atoms with Gasteiger partial charge in [0.1, 0.15) is 6.04 Å². The van der Waals surface area contributed by atoms with E-state index < -0.39 is 12.0 Å². The molecule has 0 saturated carbocycles. The highest BCUT2D eigenvalue weighted by Gasteiger charge is 2.27. The molecule has 0 aromatic carbocycles. The number of carbonyl (C=O) groups excluding carboxylic acids is 1. The Hall–Kier alpha value is -1.26. The summed E-state index contributed by atoms with van der Waals surface area (Å²) in [4.78, 5) is 25.7. The van der Waals surface area contributed by atoms with Crippen LogP contribution in [-0.4, -0.2) is 53.1 Å². The number of rotatable bonds is 5. The van der Waals surface area contributed by atoms with Crippen molar-refractivity contribution in [2.75, 3.05) is 14.1 Å². The average molecular weight is 230 g/mol. The van der Waals surface area contributed by atoms with Crippen LogP contribution in [0.3, 0.4) is 0 Å². The molecule has 16 heavy (non-hydrogen) atoms. The largest absolute Gasteiger partial charge is 0.480 e. The molecule has 0 bridgehead atoms. The van der Waals surface area contributed by atoms with E-state index in [2.05, 4.69) is 0 Å². The Kier molecular flexibility index (Phi) is 5.85. The second-order valence-corrected chi connectivity index (χ2v) is 4.02. The molecule has 2 amide bonds. The lowest BCUT2D eigenvalue weighted by Crippen LogP contribution is -2.49. The minimum absolute atomic E-state index is 0.112. The zero-order valence-electron chi connectivity index (χ0n) is 10.7. The van der Waals surface area contributed by atoms with Gasteiger partial charge in [0.25, 0.3) is 0 Å². The molecule has 2 atom stereocenters. The Morgan fingerprint density at radius 3 is 1.94 bits per heavy atom. The first-order valence-corrected chi connectivity index (χ1v) is 5.59. The van der Waals surface area contributed by atoms with Crippen LogP contribution in [-0.2, 0) is 4.79 Å². The van der Waals surface area contributed by atoms with Crippen LogP contribution in [0.25, 0.3) is 0 Å². The number of carboxylic acids is 1. The van der Waals surface area contributed by atoms with Gasteiger partial charge in [0.15, 0.2) is 0 Å². The van der Waals surface area contributed by atoms with E-state index in [4.69, 9.17) is 5.11 Å². The molecular weight excluding hydrogens is 208 g/mol. The zero-order chi connectivity index (χ0) is 12.9. The van der Waals surface area contributed by atoms with Gasteiger partial charge in [-0.05, 0) is 19.8 Å². The van der Waals surface area contributed by atoms with Crippen molar-refractivity contribution in [3.63, 3.8) is 0 Å². The molecule has 0 fully saturated rings. The zero-order valence-corrected chi connectivity index (χ0v) is 10.7. The van der Waals surface area contributed by atoms with Gasteiger partial charge >= 0.3 is 12.0 Å². The Bertz CT molecular complexity index is 256. The van der Waals surface area contributed by atoms with E-state index in [1.807, 2.05) is 13.8 Å². The van der Waals surface area contributed by atoms with Gasteiger partial charge in [-0.1, -0.05) is 13.8 Å². The van der Waals surface area contributed by atoms with Crippen molar-refractivity contribution in [1.29, 1.82) is 0 Å². The fourth-order valence-corrected chi connectivity index (χ4v) is 1.46. The molecular formula is C11H22N2O3. The van der Waals surface area contributed by atoms with E-state index in [1.165, 1.54) is 11.9 Å². The summed E-state index contributed by atoms with van der Waals surface area (Å²) in [5.41, 5.74) is 0. The molecule has 2 unspecified atom stereocenters. The Morgan fingerprint density at radius 1 is 1.12 bits per heavy atom. The highest BCUT2D eigenvalue weighted by Crippen LogP contribution is 2.09. The molecule has 0 aliphatic carbocycles. The first-order valence-electron chi connectivity index (χ1n) is 5.59. The number of nitrogens with zero attached hydrogens (tertiary/aromatic N) is 2. The standard InChI is InChI=1S/C11H22N2O3/c1-6-8(3)12(4)11(16)13(5)9(7-2)10(14)15/h8-9H,6-7H2,1-5H3,(H,14,15). The average Bonchev–Trinajstić information content (AvgIpc) is 2.26. The first-order chi connectivity index (χ1) is 7.36. The van der Waals surface area contributed by atoms with Gasteiger partial charge < -0.3 is 14.9 Å². The molecule has 0 rings (SSSR count). The topological polar surface area (TPSA) is 60.9 Å². The summed E-state index contributed by atoms with van der Waals surface area (Å²) in [7, 11) is 3.23. The van der Waals surface area contributed by atoms with Gasteiger partial charge in [0.2, 0.25) is 0 Å². The van der Waals surface area contributed by atoms with E-state index in [1.54, 1.807) is 18.9 Å². The normalized spacial score (nSPS) is 14.1. The van der Waals surface area contributed by atoms with Crippen molar-refractivity contribution in [2.24, 2.45) is 0 Å². The number of carbonyl (C=O) groups is 2. The quantitative estimate of drug-likeness (QED) is 0.781. The molecule has 0 radical (unpaired) electrons. The van der Waals surface area contributed by atoms with Crippen molar-refractivity contribution in [3.8, 4) is 0 Å². The molecule has 0 aromatic heterocycles. The van der Waals surface area contributed by atoms with E-state index in [-0.39, 0.29) is 12.1 Å². The second-order valence-electron chi connectivity index (χ2n) is 4.02. The number of aliphatic carboxylic acids is 1. The van der Waals surface area contributed by atoms with Gasteiger partial charge in [0, 0.05) is 20.1 Å². The molecule has 5 nitrogen and oxygen atoms in total. The minimum atomic E-state index is -0.962. The number of hydrogen-bond acceptors (Lipinski definition) is 2. The number of hydrogen-bond donors (Lipinski definition) is 1. The van der Waals surface area contributed by atoms with Gasteiger partial charge in [-0.15, -0.1) is 0 Å². The predicted octanol–water partition coefficient (Wildman–Crippen LogP) is 1.63. The third-order valence-electron chi connectivity index (χ3n) is 2.99. The van der Waals surface area contributed by atoms with E-state index >= 15 is 0 Å². The van der Waals surface area contributed by atoms with Crippen LogP contribution in [0.5, 0.6) is 0 Å². The summed E-state index contributed by atoms with van der Waals surface area (Å²) in [6.07, 6.45) is 1.26. The smallest absolute Gasteiger partial charge is 0.326 e. The van der Waals surface area contributed by atoms with Crippen LogP contribution < -0.4 is 0 Å². The lowest BCUT2D eigenvalue weighted by molar-refractivity contribution is -0.142. The molecule has 0 aromatic rings. The van der Waals surface area contributed by atoms with Crippen molar-refractivity contribution in [2.45, 2.75) is 45.7 Å². The lowest BCUT2D eigenvalue weighted by atomic mass is 10.2. The van der Waals surface area contributed by atoms with Crippen molar-refractivity contribution >= 4 is 12.0 Å². The summed E-state index contributed by atoms with van der Waals surface area (Å²) in [5.74, 6) is -0.962. The molecule has 5 heteroatoms. The monoisotopic (exact) mass is 230 g/mol. The third kappa shape index (κ3) is 3.40. The van der Waals surface area contributed by atoms with Crippen LogP contribution >= 0.6 is 0 Å². The van der Waals surface area contributed by atoms with Crippen molar-refractivity contribution in [1.82, 2.24) is 9.80 Å². The number of urea groups is 1. The lowest BCUT2D eigenvalue weighted by Gasteiger charge is -2.32. The second kappa shape index (κ2) is 6.35. The molecule has 1 N–H and O–H groups in total. The fourth-order valence-electron chi connectivity index (χ4n) is 1.46. The van der Waals surface area contributed by atoms with Crippen molar-refractivity contribution < 1.29 is 14.7 Å². The minimum Gasteiger partial charge on any atom is -0.480 e. The van der Waals surface area contributed by atoms with Gasteiger partial charge in [-0.2, -0.15) is 0 Å². The highest BCUT2D eigenvalue weighted by atomic mass is 16.4. The van der Waals surface area contributed by atoms with E-state index in [9.17, 15) is 9.59 Å². The fraction of sp³-hybridized carbons (Fsp3) is 0.818. The molecule has 0 aliphatic rings. The first kappa shape index (κ1) is 14.7. The highest BCUT2D eigenvalue weighted by molar-refractivity contribution is 5.82. The summed E-state index contributed by atoms with van der Waals surface area (Å²) in [5, 5.41) is 8.96. The van der Waals surface area contributed by atoms with Crippen LogP contribution in [0, 0.1) is 0 Å². The number of likely N-dealkylation sites (N-methyl/N-ethyl adjacent to an activating group) is 1. The van der Waals surface area contributed by atoms with Crippen LogP contribution in [0.4, 0.5) is 4.79 Å². The number of carboxylic acid groups (broad SMARTS) is 1. The van der Waals surface area contributed by atoms with E-state index in [0.717, 1.165) is 6.42 Å². The summed E-state index contributed by atoms with van der Waals surface area (Å²) in [6, 6.07) is -0.885. The molecule has 0 heterocycles. The third-order valence-corrected chi connectivity index (χ3v) is 2.99. The van der Waals surface area contributed by atoms with Crippen molar-refractivity contribution in [3.05, 3.63) is 0 Å². The molecule has 0 spiro atoms. The molecule has 0 saturated heterocycles. The molecule has 0 aliphatic heterocycles. The summed E-state index contributed by atoms with van der Waals surface area (Å²) < 4.78 is 0. The van der Waals surface area contributed by atoms with Crippen LogP contribution in [0.1, 0.15) is 33.6 Å². The maximum absolute atomic E-state index is 11.9. The Morgan fingerprint density at radius 2 is 1.62 bits per heavy atom. The van der Waals surface area contributed by atoms with E-state index in [0.29, 0.717) is 6.42 Å².